The van der Waals surface area contributed by atoms with Crippen molar-refractivity contribution in [2.45, 2.75) is 118 Å². The van der Waals surface area contributed by atoms with E-state index >= 15 is 0 Å². The van der Waals surface area contributed by atoms with Gasteiger partial charge in [-0.25, -0.2) is 4.79 Å². The van der Waals surface area contributed by atoms with Gasteiger partial charge in [0.25, 0.3) is 0 Å². The van der Waals surface area contributed by atoms with Crippen molar-refractivity contribution in [2.24, 2.45) is 46.3 Å². The average molecular weight is 560 g/mol. The molecule has 0 saturated heterocycles. The van der Waals surface area contributed by atoms with Gasteiger partial charge in [-0.2, -0.15) is 0 Å². The van der Waals surface area contributed by atoms with E-state index < -0.39 is 0 Å². The van der Waals surface area contributed by atoms with Gasteiger partial charge in [-0.15, -0.1) is 0 Å². The van der Waals surface area contributed by atoms with Crippen LogP contribution in [0.5, 0.6) is 0 Å². The standard InChI is InChI=1S/C35H62N2O3/c1-25(2)10-8-11-26(3)30-14-15-31-29-13-12-27-24-28(16-18-34(27,4)32(29)17-19-35(30,31)5)40-33(39)36-20-22-37(6,7)21-9-23-38/h12,25-26,28-32,38H,8-11,13-24H2,1-7H3/p+1/t26-,28?,29+,30-,31+,32+,34+,35-/m1/s1. The predicted octanol–water partition coefficient (Wildman–Crippen LogP) is 7.58. The maximum absolute atomic E-state index is 12.6. The Bertz CT molecular complexity index is 884. The Labute approximate surface area is 246 Å². The minimum atomic E-state index is -0.266. The summed E-state index contributed by atoms with van der Waals surface area (Å²) in [7, 11) is 4.28. The SMILES string of the molecule is CC(C)CCC[C@@H](C)[C@H]1CC[C@H]2[C@@H]3CC=C4CC(OC(=O)NCC[N+](C)(C)CCCO)CC[C@]4(C)[C@H]3CC[C@]12C. The lowest BCUT2D eigenvalue weighted by atomic mass is 9.47. The molecule has 8 atom stereocenters. The maximum Gasteiger partial charge on any atom is 0.407 e. The molecule has 0 bridgehead atoms. The number of alkyl carbamates (subject to hydrolysis) is 1. The second-order valence-corrected chi connectivity index (χ2v) is 15.9. The number of amides is 1. The Balaban J connectivity index is 1.31. The summed E-state index contributed by atoms with van der Waals surface area (Å²) in [4.78, 5) is 12.6. The molecule has 4 rings (SSSR count). The number of nitrogens with zero attached hydrogens (tertiary/aromatic N) is 1. The molecule has 0 aromatic heterocycles. The number of allylic oxidation sites excluding steroid dienone is 1. The van der Waals surface area contributed by atoms with E-state index in [-0.39, 0.29) is 24.2 Å². The number of carbonyl (C=O) groups excluding carboxylic acids is 1. The molecule has 40 heavy (non-hydrogen) atoms. The smallest absolute Gasteiger partial charge is 0.407 e. The zero-order valence-electron chi connectivity index (χ0n) is 27.1. The zero-order valence-corrected chi connectivity index (χ0v) is 27.1. The number of hydrogen-bond acceptors (Lipinski definition) is 3. The summed E-state index contributed by atoms with van der Waals surface area (Å²) in [6.07, 6.45) is 17.3. The van der Waals surface area contributed by atoms with Crippen molar-refractivity contribution in [2.75, 3.05) is 40.3 Å². The van der Waals surface area contributed by atoms with Gasteiger partial charge in [-0.3, -0.25) is 0 Å². The Morgan fingerprint density at radius 1 is 1.05 bits per heavy atom. The summed E-state index contributed by atoms with van der Waals surface area (Å²) in [5.74, 6) is 5.12. The summed E-state index contributed by atoms with van der Waals surface area (Å²) in [6.45, 7) is 15.1. The Hall–Kier alpha value is -1.07. The van der Waals surface area contributed by atoms with Crippen LogP contribution in [-0.2, 0) is 4.74 Å². The highest BCUT2D eigenvalue weighted by molar-refractivity contribution is 5.67. The molecule has 3 saturated carbocycles. The zero-order chi connectivity index (χ0) is 29.1. The van der Waals surface area contributed by atoms with Crippen LogP contribution in [0, 0.1) is 46.3 Å². The van der Waals surface area contributed by atoms with Crippen LogP contribution in [0.1, 0.15) is 112 Å². The Morgan fingerprint density at radius 2 is 1.82 bits per heavy atom. The van der Waals surface area contributed by atoms with Gasteiger partial charge in [-0.1, -0.05) is 65.5 Å². The monoisotopic (exact) mass is 559 g/mol. The van der Waals surface area contributed by atoms with Crippen molar-refractivity contribution in [3.63, 3.8) is 0 Å². The quantitative estimate of drug-likeness (QED) is 0.191. The Morgan fingerprint density at radius 3 is 2.55 bits per heavy atom. The first-order valence-corrected chi connectivity index (χ1v) is 17.0. The van der Waals surface area contributed by atoms with Crippen LogP contribution in [0.25, 0.3) is 0 Å². The number of ether oxygens (including phenoxy) is 1. The van der Waals surface area contributed by atoms with Crippen molar-refractivity contribution in [1.82, 2.24) is 5.32 Å². The molecular formula is C35H63N2O3+. The van der Waals surface area contributed by atoms with E-state index in [9.17, 15) is 4.79 Å². The predicted molar refractivity (Wildman–Crippen MR) is 165 cm³/mol. The molecule has 0 radical (unpaired) electrons. The lowest BCUT2D eigenvalue weighted by molar-refractivity contribution is -0.889. The molecule has 5 heteroatoms. The van der Waals surface area contributed by atoms with E-state index in [2.05, 4.69) is 60.1 Å². The molecule has 4 aliphatic rings. The fourth-order valence-corrected chi connectivity index (χ4v) is 10.0. The number of likely N-dealkylation sites (N-methyl/N-ethyl adjacent to an activating group) is 1. The van der Waals surface area contributed by atoms with Crippen LogP contribution in [-0.4, -0.2) is 62.1 Å². The van der Waals surface area contributed by atoms with Crippen LogP contribution in [0.3, 0.4) is 0 Å². The largest absolute Gasteiger partial charge is 0.446 e. The number of hydrogen-bond donors (Lipinski definition) is 2. The summed E-state index contributed by atoms with van der Waals surface area (Å²) in [6, 6.07) is 0. The van der Waals surface area contributed by atoms with E-state index in [0.29, 0.717) is 12.0 Å². The highest BCUT2D eigenvalue weighted by Crippen LogP contribution is 2.67. The molecular weight excluding hydrogens is 496 g/mol. The fraction of sp³-hybridized carbons (Fsp3) is 0.914. The molecule has 2 N–H and O–H groups in total. The molecule has 0 aliphatic heterocycles. The lowest BCUT2D eigenvalue weighted by Gasteiger charge is -2.58. The van der Waals surface area contributed by atoms with Gasteiger partial charge in [0.15, 0.2) is 0 Å². The van der Waals surface area contributed by atoms with E-state index in [0.717, 1.165) is 78.8 Å². The second-order valence-electron chi connectivity index (χ2n) is 15.9. The van der Waals surface area contributed by atoms with Crippen LogP contribution in [0.4, 0.5) is 4.79 Å². The number of carbonyl (C=O) groups is 1. The minimum absolute atomic E-state index is 0.00386. The van der Waals surface area contributed by atoms with Crippen molar-refractivity contribution < 1.29 is 19.1 Å². The number of rotatable bonds is 12. The van der Waals surface area contributed by atoms with Crippen molar-refractivity contribution in [1.29, 1.82) is 0 Å². The van der Waals surface area contributed by atoms with Crippen molar-refractivity contribution in [3.8, 4) is 0 Å². The first-order chi connectivity index (χ1) is 18.9. The normalized spacial score (nSPS) is 36.3. The minimum Gasteiger partial charge on any atom is -0.446 e. The third-order valence-electron chi connectivity index (χ3n) is 12.4. The number of aliphatic hydroxyl groups excluding tert-OH is 1. The van der Waals surface area contributed by atoms with Gasteiger partial charge < -0.3 is 19.6 Å². The van der Waals surface area contributed by atoms with Crippen LogP contribution < -0.4 is 5.32 Å². The molecule has 4 aliphatic carbocycles. The van der Waals surface area contributed by atoms with Gasteiger partial charge in [-0.05, 0) is 91.3 Å². The number of aliphatic hydroxyl groups is 1. The summed E-state index contributed by atoms with van der Waals surface area (Å²) >= 11 is 0. The van der Waals surface area contributed by atoms with Gasteiger partial charge in [0.05, 0.1) is 33.7 Å². The fourth-order valence-electron chi connectivity index (χ4n) is 10.0. The summed E-state index contributed by atoms with van der Waals surface area (Å²) in [5.41, 5.74) is 2.40. The van der Waals surface area contributed by atoms with Gasteiger partial charge in [0, 0.05) is 19.4 Å². The number of nitrogens with one attached hydrogen (secondary N) is 1. The first-order valence-electron chi connectivity index (χ1n) is 17.0. The molecule has 1 amide bonds. The molecule has 0 spiro atoms. The molecule has 3 fully saturated rings. The Kier molecular flexibility index (Phi) is 10.4. The lowest BCUT2D eigenvalue weighted by Crippen LogP contribution is -2.51. The van der Waals surface area contributed by atoms with Crippen molar-refractivity contribution in [3.05, 3.63) is 11.6 Å². The molecule has 0 heterocycles. The van der Waals surface area contributed by atoms with E-state index in [1.807, 2.05) is 0 Å². The molecule has 1 unspecified atom stereocenters. The molecule has 0 aromatic carbocycles. The highest BCUT2D eigenvalue weighted by atomic mass is 16.6. The number of quaternary nitrogens is 1. The summed E-state index contributed by atoms with van der Waals surface area (Å²) in [5, 5.41) is 12.1. The topological polar surface area (TPSA) is 58.6 Å². The molecule has 230 valence electrons. The van der Waals surface area contributed by atoms with E-state index in [1.54, 1.807) is 5.57 Å². The van der Waals surface area contributed by atoms with Gasteiger partial charge in [0.2, 0.25) is 0 Å². The maximum atomic E-state index is 12.6. The van der Waals surface area contributed by atoms with E-state index in [1.165, 1.54) is 51.4 Å². The molecule has 0 aromatic rings. The third-order valence-corrected chi connectivity index (χ3v) is 12.4. The highest BCUT2D eigenvalue weighted by Gasteiger charge is 2.59. The second kappa shape index (κ2) is 13.1. The van der Waals surface area contributed by atoms with Crippen LogP contribution in [0.2, 0.25) is 0 Å². The molecule has 5 nitrogen and oxygen atoms in total. The van der Waals surface area contributed by atoms with Gasteiger partial charge >= 0.3 is 6.09 Å². The average Bonchev–Trinajstić information content (AvgIpc) is 3.24. The van der Waals surface area contributed by atoms with Crippen LogP contribution in [0.15, 0.2) is 11.6 Å². The third kappa shape index (κ3) is 6.93. The van der Waals surface area contributed by atoms with Gasteiger partial charge in [0.1, 0.15) is 6.10 Å². The van der Waals surface area contributed by atoms with E-state index in [4.69, 9.17) is 9.84 Å². The summed E-state index contributed by atoms with van der Waals surface area (Å²) < 4.78 is 6.74. The van der Waals surface area contributed by atoms with Crippen molar-refractivity contribution >= 4 is 6.09 Å². The van der Waals surface area contributed by atoms with Crippen LogP contribution >= 0.6 is 0 Å². The number of fused-ring (bicyclic) bond motifs is 5. The first kappa shape index (κ1) is 31.9.